The van der Waals surface area contributed by atoms with Gasteiger partial charge < -0.3 is 9.64 Å². The fourth-order valence-electron chi connectivity index (χ4n) is 2.11. The van der Waals surface area contributed by atoms with Crippen LogP contribution < -0.4 is 4.90 Å². The van der Waals surface area contributed by atoms with E-state index in [1.165, 1.54) is 0 Å². The Balaban J connectivity index is 2.12. The predicted octanol–water partition coefficient (Wildman–Crippen LogP) is 2.55. The molecule has 0 N–H and O–H groups in total. The van der Waals surface area contributed by atoms with Gasteiger partial charge in [0.05, 0.1) is 12.4 Å². The van der Waals surface area contributed by atoms with E-state index in [0.717, 1.165) is 25.2 Å². The molecule has 1 aromatic rings. The van der Waals surface area contributed by atoms with Gasteiger partial charge in [0.25, 0.3) is 0 Å². The van der Waals surface area contributed by atoms with Crippen LogP contribution in [0.3, 0.4) is 0 Å². The van der Waals surface area contributed by atoms with Gasteiger partial charge in [0, 0.05) is 6.54 Å². The summed E-state index contributed by atoms with van der Waals surface area (Å²) in [6, 6.07) is -0.255. The van der Waals surface area contributed by atoms with Crippen LogP contribution in [0.2, 0.25) is 0 Å². The van der Waals surface area contributed by atoms with Crippen molar-refractivity contribution in [3.05, 3.63) is 17.0 Å². The second-order valence-electron chi connectivity index (χ2n) is 5.58. The van der Waals surface area contributed by atoms with E-state index >= 15 is 0 Å². The highest BCUT2D eigenvalue weighted by atomic mass is 79.9. The van der Waals surface area contributed by atoms with Gasteiger partial charge in [-0.15, -0.1) is 0 Å². The molecule has 104 valence electrons. The highest BCUT2D eigenvalue weighted by Crippen LogP contribution is 2.25. The van der Waals surface area contributed by atoms with Gasteiger partial charge in [-0.05, 0) is 49.5 Å². The van der Waals surface area contributed by atoms with Crippen molar-refractivity contribution in [2.24, 2.45) is 0 Å². The SMILES string of the molecule is CC(C)(C)OC(=O)C1CCCN1c1cnc(Br)cn1. The van der Waals surface area contributed by atoms with Gasteiger partial charge in [0.15, 0.2) is 0 Å². The van der Waals surface area contributed by atoms with E-state index in [0.29, 0.717) is 4.60 Å². The molecule has 0 amide bonds. The van der Waals surface area contributed by atoms with Crippen molar-refractivity contribution in [3.63, 3.8) is 0 Å². The normalized spacial score (nSPS) is 19.6. The zero-order valence-corrected chi connectivity index (χ0v) is 13.0. The summed E-state index contributed by atoms with van der Waals surface area (Å²) < 4.78 is 6.14. The molecule has 1 aliphatic rings. The summed E-state index contributed by atoms with van der Waals surface area (Å²) in [7, 11) is 0. The van der Waals surface area contributed by atoms with Crippen LogP contribution in [0.25, 0.3) is 0 Å². The van der Waals surface area contributed by atoms with Crippen molar-refractivity contribution in [3.8, 4) is 0 Å². The molecule has 1 fully saturated rings. The van der Waals surface area contributed by atoms with Crippen LogP contribution in [0.5, 0.6) is 0 Å². The van der Waals surface area contributed by atoms with Crippen LogP contribution in [-0.4, -0.2) is 34.1 Å². The number of hydrogen-bond donors (Lipinski definition) is 0. The van der Waals surface area contributed by atoms with E-state index in [2.05, 4.69) is 25.9 Å². The minimum atomic E-state index is -0.462. The zero-order valence-electron chi connectivity index (χ0n) is 11.4. The van der Waals surface area contributed by atoms with Crippen molar-refractivity contribution in [2.75, 3.05) is 11.4 Å². The third kappa shape index (κ3) is 3.65. The Morgan fingerprint density at radius 1 is 1.42 bits per heavy atom. The molecule has 6 heteroatoms. The number of esters is 1. The van der Waals surface area contributed by atoms with E-state index < -0.39 is 5.60 Å². The average Bonchev–Trinajstić information content (AvgIpc) is 2.76. The summed E-state index contributed by atoms with van der Waals surface area (Å²) in [5.41, 5.74) is -0.462. The van der Waals surface area contributed by atoms with E-state index in [-0.39, 0.29) is 12.0 Å². The maximum absolute atomic E-state index is 12.2. The largest absolute Gasteiger partial charge is 0.458 e. The number of hydrogen-bond acceptors (Lipinski definition) is 5. The average molecular weight is 328 g/mol. The Morgan fingerprint density at radius 2 is 2.16 bits per heavy atom. The number of carbonyl (C=O) groups excluding carboxylic acids is 1. The first-order chi connectivity index (χ1) is 8.87. The van der Waals surface area contributed by atoms with Gasteiger partial charge in [-0.1, -0.05) is 0 Å². The summed E-state index contributed by atoms with van der Waals surface area (Å²) in [4.78, 5) is 22.6. The number of rotatable bonds is 2. The van der Waals surface area contributed by atoms with Gasteiger partial charge in [0.1, 0.15) is 22.1 Å². The van der Waals surface area contributed by atoms with Crippen LogP contribution in [0, 0.1) is 0 Å². The Hall–Kier alpha value is -1.17. The molecule has 1 unspecified atom stereocenters. The molecule has 19 heavy (non-hydrogen) atoms. The monoisotopic (exact) mass is 327 g/mol. The molecule has 1 aliphatic heterocycles. The molecular weight excluding hydrogens is 310 g/mol. The zero-order chi connectivity index (χ0) is 14.0. The Morgan fingerprint density at radius 3 is 2.74 bits per heavy atom. The van der Waals surface area contributed by atoms with Gasteiger partial charge >= 0.3 is 5.97 Å². The molecule has 0 saturated carbocycles. The van der Waals surface area contributed by atoms with Crippen molar-refractivity contribution in [2.45, 2.75) is 45.3 Å². The number of carbonyl (C=O) groups is 1. The van der Waals surface area contributed by atoms with Crippen LogP contribution in [-0.2, 0) is 9.53 Å². The maximum Gasteiger partial charge on any atom is 0.329 e. The molecule has 0 spiro atoms. The molecule has 0 aliphatic carbocycles. The Bertz CT molecular complexity index is 456. The van der Waals surface area contributed by atoms with E-state index in [4.69, 9.17) is 4.74 Å². The highest BCUT2D eigenvalue weighted by Gasteiger charge is 2.34. The molecule has 1 aromatic heterocycles. The quantitative estimate of drug-likeness (QED) is 0.781. The molecule has 0 aromatic carbocycles. The van der Waals surface area contributed by atoms with Crippen molar-refractivity contribution in [1.82, 2.24) is 9.97 Å². The van der Waals surface area contributed by atoms with Crippen molar-refractivity contribution < 1.29 is 9.53 Å². The second kappa shape index (κ2) is 5.45. The topological polar surface area (TPSA) is 55.3 Å². The standard InChI is InChI=1S/C13H18BrN3O2/c1-13(2,3)19-12(18)9-5-4-6-17(9)11-8-15-10(14)7-16-11/h7-9H,4-6H2,1-3H3. The van der Waals surface area contributed by atoms with Crippen LogP contribution in [0.1, 0.15) is 33.6 Å². The van der Waals surface area contributed by atoms with Crippen LogP contribution in [0.4, 0.5) is 5.82 Å². The fourth-order valence-corrected chi connectivity index (χ4v) is 2.31. The number of anilines is 1. The van der Waals surface area contributed by atoms with E-state index in [1.807, 2.05) is 25.7 Å². The van der Waals surface area contributed by atoms with Crippen molar-refractivity contribution in [1.29, 1.82) is 0 Å². The molecular formula is C13H18BrN3O2. The first kappa shape index (κ1) is 14.2. The van der Waals surface area contributed by atoms with Gasteiger partial charge in [0.2, 0.25) is 0 Å². The number of aromatic nitrogens is 2. The minimum Gasteiger partial charge on any atom is -0.458 e. The molecule has 2 heterocycles. The summed E-state index contributed by atoms with van der Waals surface area (Å²) in [6.07, 6.45) is 5.07. The predicted molar refractivity (Wildman–Crippen MR) is 75.9 cm³/mol. The molecule has 2 rings (SSSR count). The van der Waals surface area contributed by atoms with E-state index in [9.17, 15) is 4.79 Å². The third-order valence-corrected chi connectivity index (χ3v) is 3.24. The summed E-state index contributed by atoms with van der Waals surface area (Å²) in [5.74, 6) is 0.534. The summed E-state index contributed by atoms with van der Waals surface area (Å²) in [6.45, 7) is 6.44. The number of halogens is 1. The lowest BCUT2D eigenvalue weighted by Crippen LogP contribution is -2.41. The molecule has 5 nitrogen and oxygen atoms in total. The maximum atomic E-state index is 12.2. The Labute approximate surface area is 121 Å². The van der Waals surface area contributed by atoms with Crippen molar-refractivity contribution >= 4 is 27.7 Å². The first-order valence-corrected chi connectivity index (χ1v) is 7.13. The lowest BCUT2D eigenvalue weighted by molar-refractivity contribution is -0.156. The van der Waals surface area contributed by atoms with Gasteiger partial charge in [-0.3, -0.25) is 0 Å². The minimum absolute atomic E-state index is 0.185. The first-order valence-electron chi connectivity index (χ1n) is 6.34. The smallest absolute Gasteiger partial charge is 0.329 e. The summed E-state index contributed by atoms with van der Waals surface area (Å²) >= 11 is 3.25. The highest BCUT2D eigenvalue weighted by molar-refractivity contribution is 9.10. The number of nitrogens with zero attached hydrogens (tertiary/aromatic N) is 3. The van der Waals surface area contributed by atoms with Gasteiger partial charge in [-0.25, -0.2) is 14.8 Å². The molecule has 1 saturated heterocycles. The van der Waals surface area contributed by atoms with Crippen LogP contribution >= 0.6 is 15.9 Å². The third-order valence-electron chi connectivity index (χ3n) is 2.83. The fraction of sp³-hybridized carbons (Fsp3) is 0.615. The van der Waals surface area contributed by atoms with Gasteiger partial charge in [-0.2, -0.15) is 0 Å². The molecule has 0 radical (unpaired) electrons. The number of ether oxygens (including phenoxy) is 1. The molecule has 1 atom stereocenters. The Kier molecular flexibility index (Phi) is 4.08. The summed E-state index contributed by atoms with van der Waals surface area (Å²) in [5, 5.41) is 0. The molecule has 0 bridgehead atoms. The van der Waals surface area contributed by atoms with Crippen LogP contribution in [0.15, 0.2) is 17.0 Å². The lowest BCUT2D eigenvalue weighted by Gasteiger charge is -2.27. The second-order valence-corrected chi connectivity index (χ2v) is 6.39. The lowest BCUT2D eigenvalue weighted by atomic mass is 10.1. The van der Waals surface area contributed by atoms with E-state index in [1.54, 1.807) is 12.4 Å².